The van der Waals surface area contributed by atoms with Gasteiger partial charge < -0.3 is 20.4 Å². The lowest BCUT2D eigenvalue weighted by molar-refractivity contribution is -0.193. The molecule has 0 aromatic rings. The summed E-state index contributed by atoms with van der Waals surface area (Å²) in [6.45, 7) is 2.50. The minimum atomic E-state index is -5.08. The quantitative estimate of drug-likeness (QED) is 0.569. The number of nitrogens with zero attached hydrogens (tertiary/aromatic N) is 1. The number of carboxylic acids is 2. The van der Waals surface area contributed by atoms with E-state index in [1.54, 1.807) is 0 Å². The predicted octanol–water partition coefficient (Wildman–Crippen LogP) is 0.929. The molecule has 0 saturated carbocycles. The van der Waals surface area contributed by atoms with Crippen molar-refractivity contribution in [1.82, 2.24) is 10.2 Å². The monoisotopic (exact) mass is 340 g/mol. The number of halogens is 6. The number of hydrogen-bond acceptors (Lipinski definition) is 4. The largest absolute Gasteiger partial charge is 0.490 e. The lowest BCUT2D eigenvalue weighted by atomic mass is 10.00. The highest BCUT2D eigenvalue weighted by Crippen LogP contribution is 2.22. The second kappa shape index (κ2) is 7.63. The smallest absolute Gasteiger partial charge is 0.475 e. The first kappa shape index (κ1) is 20.4. The molecule has 2 atom stereocenters. The molecule has 22 heavy (non-hydrogen) atoms. The van der Waals surface area contributed by atoms with Crippen LogP contribution < -0.4 is 5.32 Å². The van der Waals surface area contributed by atoms with Crippen molar-refractivity contribution < 1.29 is 46.1 Å². The van der Waals surface area contributed by atoms with Crippen molar-refractivity contribution in [3.8, 4) is 0 Å². The number of nitrogens with one attached hydrogen (secondary N) is 1. The third kappa shape index (κ3) is 6.93. The summed E-state index contributed by atoms with van der Waals surface area (Å²) in [7, 11) is 2.20. The molecule has 0 amide bonds. The fourth-order valence-corrected chi connectivity index (χ4v) is 1.78. The van der Waals surface area contributed by atoms with Crippen LogP contribution in [0.15, 0.2) is 0 Å². The van der Waals surface area contributed by atoms with Gasteiger partial charge in [0.1, 0.15) is 0 Å². The molecular weight excluding hydrogens is 326 g/mol. The number of likely N-dealkylation sites (tertiary alicyclic amines) is 1. The minimum Gasteiger partial charge on any atom is -0.475 e. The summed E-state index contributed by atoms with van der Waals surface area (Å²) in [4.78, 5) is 20.2. The van der Waals surface area contributed by atoms with Gasteiger partial charge in [-0.25, -0.2) is 9.59 Å². The molecule has 0 bridgehead atoms. The van der Waals surface area contributed by atoms with Crippen molar-refractivity contribution in [3.63, 3.8) is 0 Å². The Bertz CT molecular complexity index is 374. The molecule has 0 aromatic carbocycles. The van der Waals surface area contributed by atoms with Gasteiger partial charge in [-0.15, -0.1) is 0 Å². The van der Waals surface area contributed by atoms with E-state index in [0.717, 1.165) is 12.1 Å². The van der Waals surface area contributed by atoms with Crippen LogP contribution in [0.2, 0.25) is 0 Å². The maximum atomic E-state index is 10.6. The van der Waals surface area contributed by atoms with Gasteiger partial charge in [-0.05, 0) is 20.0 Å². The van der Waals surface area contributed by atoms with E-state index in [1.165, 1.54) is 19.5 Å². The van der Waals surface area contributed by atoms with E-state index in [2.05, 4.69) is 17.3 Å². The van der Waals surface area contributed by atoms with Crippen molar-refractivity contribution in [3.05, 3.63) is 0 Å². The van der Waals surface area contributed by atoms with Crippen LogP contribution in [0, 0.1) is 0 Å². The Morgan fingerprint density at radius 2 is 1.41 bits per heavy atom. The molecule has 2 aliphatic rings. The van der Waals surface area contributed by atoms with Gasteiger partial charge in [-0.3, -0.25) is 0 Å². The molecule has 12 heteroatoms. The Morgan fingerprint density at radius 3 is 1.59 bits per heavy atom. The van der Waals surface area contributed by atoms with E-state index in [0.29, 0.717) is 0 Å². The van der Waals surface area contributed by atoms with E-state index in [4.69, 9.17) is 19.8 Å². The first-order valence-electron chi connectivity index (χ1n) is 5.80. The number of carbonyl (C=O) groups is 2. The van der Waals surface area contributed by atoms with Gasteiger partial charge in [0, 0.05) is 18.6 Å². The average Bonchev–Trinajstić information content (AvgIpc) is 2.69. The lowest BCUT2D eigenvalue weighted by Gasteiger charge is -2.41. The third-order valence-corrected chi connectivity index (χ3v) is 2.85. The number of carboxylic acid groups (broad SMARTS) is 2. The van der Waals surface area contributed by atoms with Crippen molar-refractivity contribution in [2.75, 3.05) is 20.1 Å². The van der Waals surface area contributed by atoms with Crippen molar-refractivity contribution in [1.29, 1.82) is 0 Å². The second-order valence-corrected chi connectivity index (χ2v) is 4.46. The Hall–Kier alpha value is -1.56. The van der Waals surface area contributed by atoms with E-state index >= 15 is 0 Å². The van der Waals surface area contributed by atoms with Crippen LogP contribution in [-0.2, 0) is 9.59 Å². The van der Waals surface area contributed by atoms with Gasteiger partial charge in [-0.2, -0.15) is 26.3 Å². The normalized spacial score (nSPS) is 24.0. The van der Waals surface area contributed by atoms with Gasteiger partial charge in [0.05, 0.1) is 0 Å². The van der Waals surface area contributed by atoms with Crippen LogP contribution in [0.1, 0.15) is 6.42 Å². The van der Waals surface area contributed by atoms with Gasteiger partial charge in [0.15, 0.2) is 0 Å². The van der Waals surface area contributed by atoms with E-state index in [1.807, 2.05) is 0 Å². The first-order valence-corrected chi connectivity index (χ1v) is 5.80. The van der Waals surface area contributed by atoms with Gasteiger partial charge >= 0.3 is 24.3 Å². The summed E-state index contributed by atoms with van der Waals surface area (Å²) >= 11 is 0. The second-order valence-electron chi connectivity index (χ2n) is 4.46. The molecule has 2 aliphatic heterocycles. The van der Waals surface area contributed by atoms with E-state index in [-0.39, 0.29) is 0 Å². The highest BCUT2D eigenvalue weighted by Gasteiger charge is 2.39. The zero-order valence-electron chi connectivity index (χ0n) is 11.2. The number of rotatable bonds is 0. The van der Waals surface area contributed by atoms with Crippen LogP contribution >= 0.6 is 0 Å². The summed E-state index contributed by atoms with van der Waals surface area (Å²) in [6, 6.07) is 1.73. The molecule has 0 aromatic heterocycles. The predicted molar refractivity (Wildman–Crippen MR) is 60.2 cm³/mol. The van der Waals surface area contributed by atoms with Crippen molar-refractivity contribution in [2.24, 2.45) is 0 Å². The van der Waals surface area contributed by atoms with Gasteiger partial charge in [-0.1, -0.05) is 0 Å². The molecule has 2 fully saturated rings. The van der Waals surface area contributed by atoms with Crippen LogP contribution in [0.25, 0.3) is 0 Å². The maximum Gasteiger partial charge on any atom is 0.490 e. The molecule has 0 aliphatic carbocycles. The zero-order chi connectivity index (χ0) is 17.7. The fraction of sp³-hybridized carbons (Fsp3) is 0.800. The molecule has 130 valence electrons. The fourth-order valence-electron chi connectivity index (χ4n) is 1.78. The topological polar surface area (TPSA) is 89.9 Å². The molecule has 2 rings (SSSR count). The highest BCUT2D eigenvalue weighted by atomic mass is 19.4. The summed E-state index contributed by atoms with van der Waals surface area (Å²) < 4.78 is 63.5. The Balaban J connectivity index is 0.000000303. The number of hydrogen-bond donors (Lipinski definition) is 3. The molecule has 0 radical (unpaired) electrons. The molecule has 2 saturated heterocycles. The van der Waals surface area contributed by atoms with Crippen molar-refractivity contribution in [2.45, 2.75) is 30.9 Å². The summed E-state index contributed by atoms with van der Waals surface area (Å²) in [5.41, 5.74) is 0. The Morgan fingerprint density at radius 1 is 1.05 bits per heavy atom. The molecule has 2 heterocycles. The minimum absolute atomic E-state index is 0.847. The summed E-state index contributed by atoms with van der Waals surface area (Å²) in [5.74, 6) is -5.51. The molecule has 3 N–H and O–H groups in total. The Labute approximate surface area is 120 Å². The molecule has 0 spiro atoms. The van der Waals surface area contributed by atoms with Gasteiger partial charge in [0.2, 0.25) is 0 Å². The third-order valence-electron chi connectivity index (χ3n) is 2.85. The number of likely N-dealkylation sites (N-methyl/N-ethyl adjacent to an activating group) is 1. The lowest BCUT2D eigenvalue weighted by Crippen LogP contribution is -2.58. The summed E-state index contributed by atoms with van der Waals surface area (Å²) in [6.07, 6.45) is -8.80. The molecule has 6 nitrogen and oxygen atoms in total. The SMILES string of the molecule is CN1C[C@@H]2NCC[C@@H]21.O=C(O)C(F)(F)F.O=C(O)C(F)(F)F. The van der Waals surface area contributed by atoms with E-state index < -0.39 is 24.3 Å². The number of aliphatic carboxylic acids is 2. The van der Waals surface area contributed by atoms with Crippen LogP contribution in [0.5, 0.6) is 0 Å². The maximum absolute atomic E-state index is 10.6. The molecular formula is C10H14F6N2O4. The standard InChI is InChI=1S/C6H12N2.2C2HF3O2/c1-8-4-5-6(8)2-3-7-5;2*3-2(4,5)1(6)7/h5-7H,2-4H2,1H3;2*(H,6,7)/t5-,6-;;/m0../s1. The summed E-state index contributed by atoms with van der Waals surface area (Å²) in [5, 5.41) is 17.7. The average molecular weight is 340 g/mol. The Kier molecular flexibility index (Phi) is 7.09. The molecule has 0 unspecified atom stereocenters. The first-order chi connectivity index (χ1) is 9.76. The van der Waals surface area contributed by atoms with Gasteiger partial charge in [0.25, 0.3) is 0 Å². The zero-order valence-corrected chi connectivity index (χ0v) is 11.2. The highest BCUT2D eigenvalue weighted by molar-refractivity contribution is 5.73. The number of alkyl halides is 6. The van der Waals surface area contributed by atoms with Crippen LogP contribution in [-0.4, -0.2) is 71.6 Å². The van der Waals surface area contributed by atoms with Crippen molar-refractivity contribution >= 4 is 11.9 Å². The number of fused-ring (bicyclic) bond motifs is 1. The van der Waals surface area contributed by atoms with E-state index in [9.17, 15) is 26.3 Å². The van der Waals surface area contributed by atoms with Crippen LogP contribution in [0.3, 0.4) is 0 Å². The van der Waals surface area contributed by atoms with Crippen LogP contribution in [0.4, 0.5) is 26.3 Å².